The van der Waals surface area contributed by atoms with Crippen molar-refractivity contribution in [1.82, 2.24) is 4.90 Å². The Hall–Kier alpha value is -1.84. The number of nitrogens with one attached hydrogen (secondary N) is 1. The second-order valence-electron chi connectivity index (χ2n) is 6.85. The van der Waals surface area contributed by atoms with E-state index in [1.165, 1.54) is 6.42 Å². The molecule has 4 heteroatoms. The van der Waals surface area contributed by atoms with Gasteiger partial charge in [0.1, 0.15) is 5.41 Å². The number of carbonyl (C=O) groups is 2. The highest BCUT2D eigenvalue weighted by Crippen LogP contribution is 2.48. The molecule has 1 aliphatic heterocycles. The Bertz CT molecular complexity index is 614. The van der Waals surface area contributed by atoms with Crippen molar-refractivity contribution >= 4 is 17.5 Å². The molecule has 1 saturated carbocycles. The number of likely N-dealkylation sites (tertiary alicyclic amines) is 1. The van der Waals surface area contributed by atoms with Crippen LogP contribution in [0.3, 0.4) is 0 Å². The molecule has 1 aromatic carbocycles. The van der Waals surface area contributed by atoms with Crippen molar-refractivity contribution in [3.05, 3.63) is 29.3 Å². The molecule has 1 aliphatic carbocycles. The van der Waals surface area contributed by atoms with Gasteiger partial charge in [-0.25, -0.2) is 0 Å². The minimum absolute atomic E-state index is 0.0429. The monoisotopic (exact) mass is 314 g/mol. The van der Waals surface area contributed by atoms with Crippen LogP contribution in [-0.2, 0) is 16.0 Å². The van der Waals surface area contributed by atoms with E-state index in [1.54, 1.807) is 0 Å². The lowest BCUT2D eigenvalue weighted by molar-refractivity contribution is -0.143. The average molecular weight is 314 g/mol. The molecule has 1 aromatic rings. The zero-order chi connectivity index (χ0) is 16.4. The summed E-state index contributed by atoms with van der Waals surface area (Å²) in [4.78, 5) is 27.6. The zero-order valence-corrected chi connectivity index (χ0v) is 14.2. The van der Waals surface area contributed by atoms with Crippen molar-refractivity contribution < 1.29 is 9.59 Å². The first kappa shape index (κ1) is 16.0. The van der Waals surface area contributed by atoms with E-state index in [2.05, 4.69) is 12.2 Å². The number of aryl methyl sites for hydroxylation is 2. The number of carbonyl (C=O) groups excluding carboxylic acids is 2. The molecule has 1 saturated heterocycles. The molecule has 1 N–H and O–H groups in total. The number of amides is 2. The fourth-order valence-corrected chi connectivity index (χ4v) is 3.50. The third-order valence-electron chi connectivity index (χ3n) is 5.22. The highest BCUT2D eigenvalue weighted by Gasteiger charge is 2.58. The summed E-state index contributed by atoms with van der Waals surface area (Å²) in [5.41, 5.74) is 2.26. The van der Waals surface area contributed by atoms with Gasteiger partial charge in [0.2, 0.25) is 11.8 Å². The fraction of sp³-hybridized carbons (Fsp3) is 0.579. The fourth-order valence-electron chi connectivity index (χ4n) is 3.50. The number of rotatable bonds is 4. The molecule has 2 aliphatic rings. The first-order valence-electron chi connectivity index (χ1n) is 8.78. The molecule has 124 valence electrons. The molecule has 3 rings (SSSR count). The van der Waals surface area contributed by atoms with E-state index in [4.69, 9.17) is 0 Å². The second kappa shape index (κ2) is 6.34. The van der Waals surface area contributed by atoms with Crippen LogP contribution in [0.5, 0.6) is 0 Å². The second-order valence-corrected chi connectivity index (χ2v) is 6.85. The van der Waals surface area contributed by atoms with Crippen LogP contribution in [0, 0.1) is 12.3 Å². The molecule has 0 unspecified atom stereocenters. The van der Waals surface area contributed by atoms with Crippen LogP contribution in [0.2, 0.25) is 0 Å². The number of benzene rings is 1. The number of anilines is 1. The maximum absolute atomic E-state index is 12.8. The van der Waals surface area contributed by atoms with Gasteiger partial charge in [0.25, 0.3) is 0 Å². The molecular formula is C19H26N2O2. The van der Waals surface area contributed by atoms with Crippen molar-refractivity contribution in [3.63, 3.8) is 0 Å². The van der Waals surface area contributed by atoms with E-state index in [0.717, 1.165) is 49.2 Å². The Morgan fingerprint density at radius 3 is 2.48 bits per heavy atom. The van der Waals surface area contributed by atoms with Crippen LogP contribution in [0.4, 0.5) is 5.69 Å². The van der Waals surface area contributed by atoms with Crippen molar-refractivity contribution in [1.29, 1.82) is 0 Å². The van der Waals surface area contributed by atoms with Gasteiger partial charge < -0.3 is 10.2 Å². The molecule has 0 bridgehead atoms. The smallest absolute Gasteiger partial charge is 0.240 e. The Labute approximate surface area is 138 Å². The van der Waals surface area contributed by atoms with E-state index >= 15 is 0 Å². The number of hydrogen-bond donors (Lipinski definition) is 1. The maximum atomic E-state index is 12.8. The quantitative estimate of drug-likeness (QED) is 0.867. The predicted octanol–water partition coefficient (Wildman–Crippen LogP) is 3.29. The highest BCUT2D eigenvalue weighted by molar-refractivity contribution is 6.13. The SMILES string of the molecule is CCc1cccc(C)c1NC(=O)C1(C(=O)N2CCCCC2)CC1. The van der Waals surface area contributed by atoms with E-state index in [-0.39, 0.29) is 11.8 Å². The number of hydrogen-bond acceptors (Lipinski definition) is 2. The number of piperidine rings is 1. The van der Waals surface area contributed by atoms with Crippen LogP contribution in [-0.4, -0.2) is 29.8 Å². The largest absolute Gasteiger partial charge is 0.342 e. The van der Waals surface area contributed by atoms with E-state index in [0.29, 0.717) is 12.8 Å². The van der Waals surface area contributed by atoms with Gasteiger partial charge in [-0.3, -0.25) is 9.59 Å². The Morgan fingerprint density at radius 1 is 1.17 bits per heavy atom. The van der Waals surface area contributed by atoms with Crippen molar-refractivity contribution in [3.8, 4) is 0 Å². The van der Waals surface area contributed by atoms with Gasteiger partial charge >= 0.3 is 0 Å². The van der Waals surface area contributed by atoms with Crippen molar-refractivity contribution in [2.45, 2.75) is 52.4 Å². The van der Waals surface area contributed by atoms with Gasteiger partial charge in [0, 0.05) is 18.8 Å². The van der Waals surface area contributed by atoms with Crippen LogP contribution in [0.15, 0.2) is 18.2 Å². The predicted molar refractivity (Wildman–Crippen MR) is 91.3 cm³/mol. The number of nitrogens with zero attached hydrogens (tertiary/aromatic N) is 1. The van der Waals surface area contributed by atoms with Gasteiger partial charge in [-0.2, -0.15) is 0 Å². The lowest BCUT2D eigenvalue weighted by Gasteiger charge is -2.30. The molecule has 0 spiro atoms. The molecule has 1 heterocycles. The Kier molecular flexibility index (Phi) is 4.42. The lowest BCUT2D eigenvalue weighted by Crippen LogP contribution is -2.45. The van der Waals surface area contributed by atoms with E-state index in [1.807, 2.05) is 30.0 Å². The molecular weight excluding hydrogens is 288 g/mol. The van der Waals surface area contributed by atoms with Gasteiger partial charge in [-0.15, -0.1) is 0 Å². The molecule has 0 aromatic heterocycles. The molecule has 2 fully saturated rings. The Balaban J connectivity index is 1.76. The van der Waals surface area contributed by atoms with Gasteiger partial charge in [-0.05, 0) is 56.6 Å². The summed E-state index contributed by atoms with van der Waals surface area (Å²) in [6.07, 6.45) is 5.53. The zero-order valence-electron chi connectivity index (χ0n) is 14.2. The summed E-state index contributed by atoms with van der Waals surface area (Å²) in [5, 5.41) is 3.07. The summed E-state index contributed by atoms with van der Waals surface area (Å²) in [7, 11) is 0. The molecule has 23 heavy (non-hydrogen) atoms. The first-order chi connectivity index (χ1) is 11.1. The molecule has 0 atom stereocenters. The normalized spacial score (nSPS) is 19.3. The molecule has 4 nitrogen and oxygen atoms in total. The molecule has 2 amide bonds. The summed E-state index contributed by atoms with van der Waals surface area (Å²) in [6.45, 7) is 5.69. The third-order valence-corrected chi connectivity index (χ3v) is 5.22. The summed E-state index contributed by atoms with van der Waals surface area (Å²) >= 11 is 0. The van der Waals surface area contributed by atoms with Crippen LogP contribution < -0.4 is 5.32 Å². The van der Waals surface area contributed by atoms with Gasteiger partial charge in [-0.1, -0.05) is 25.1 Å². The average Bonchev–Trinajstić information content (AvgIpc) is 3.38. The van der Waals surface area contributed by atoms with Gasteiger partial charge in [0.15, 0.2) is 0 Å². The van der Waals surface area contributed by atoms with Gasteiger partial charge in [0.05, 0.1) is 0 Å². The maximum Gasteiger partial charge on any atom is 0.240 e. The van der Waals surface area contributed by atoms with E-state index < -0.39 is 5.41 Å². The Morgan fingerprint density at radius 2 is 1.87 bits per heavy atom. The highest BCUT2D eigenvalue weighted by atomic mass is 16.2. The summed E-state index contributed by atoms with van der Waals surface area (Å²) in [5.74, 6) is -0.0709. The standard InChI is InChI=1S/C19H26N2O2/c1-3-15-9-7-8-14(2)16(15)20-17(22)19(10-11-19)18(23)21-12-5-4-6-13-21/h7-9H,3-6,10-13H2,1-2H3,(H,20,22). The van der Waals surface area contributed by atoms with Crippen molar-refractivity contribution in [2.24, 2.45) is 5.41 Å². The van der Waals surface area contributed by atoms with Crippen molar-refractivity contribution in [2.75, 3.05) is 18.4 Å². The van der Waals surface area contributed by atoms with Crippen LogP contribution >= 0.6 is 0 Å². The molecule has 0 radical (unpaired) electrons. The third kappa shape index (κ3) is 2.99. The summed E-state index contributed by atoms with van der Waals surface area (Å²) in [6, 6.07) is 6.05. The number of para-hydroxylation sites is 1. The summed E-state index contributed by atoms with van der Waals surface area (Å²) < 4.78 is 0. The van der Waals surface area contributed by atoms with Crippen LogP contribution in [0.25, 0.3) is 0 Å². The first-order valence-corrected chi connectivity index (χ1v) is 8.78. The lowest BCUT2D eigenvalue weighted by atomic mass is 10.00. The van der Waals surface area contributed by atoms with E-state index in [9.17, 15) is 9.59 Å². The topological polar surface area (TPSA) is 49.4 Å². The van der Waals surface area contributed by atoms with Crippen LogP contribution in [0.1, 0.15) is 50.2 Å². The minimum atomic E-state index is -0.801. The minimum Gasteiger partial charge on any atom is -0.342 e.